The molecule has 2 aromatic rings. The van der Waals surface area contributed by atoms with Gasteiger partial charge in [-0.1, -0.05) is 0 Å². The van der Waals surface area contributed by atoms with E-state index in [1.807, 2.05) is 0 Å². The van der Waals surface area contributed by atoms with Gasteiger partial charge in [0.25, 0.3) is 0 Å². The van der Waals surface area contributed by atoms with Gasteiger partial charge in [-0.2, -0.15) is 5.10 Å². The Balaban J connectivity index is 2.63. The second-order valence-electron chi connectivity index (χ2n) is 3.81. The third-order valence-corrected chi connectivity index (χ3v) is 2.45. The van der Waals surface area contributed by atoms with E-state index in [4.69, 9.17) is 10.8 Å². The summed E-state index contributed by atoms with van der Waals surface area (Å²) in [4.78, 5) is 14.8. The van der Waals surface area contributed by atoms with Crippen molar-refractivity contribution in [3.8, 4) is 5.69 Å². The lowest BCUT2D eigenvalue weighted by atomic mass is 10.1. The van der Waals surface area contributed by atoms with Crippen LogP contribution in [-0.4, -0.2) is 25.8 Å². The van der Waals surface area contributed by atoms with E-state index in [0.717, 1.165) is 12.1 Å². The van der Waals surface area contributed by atoms with E-state index in [1.165, 1.54) is 4.68 Å². The number of carbonyl (C=O) groups is 1. The maximum absolute atomic E-state index is 13.6. The van der Waals surface area contributed by atoms with E-state index in [-0.39, 0.29) is 11.4 Å². The number of carboxylic acid groups (broad SMARTS) is 1. The van der Waals surface area contributed by atoms with Crippen molar-refractivity contribution in [1.29, 1.82) is 0 Å². The van der Waals surface area contributed by atoms with Crippen molar-refractivity contribution < 1.29 is 14.3 Å². The molecular weight excluding hydrogens is 239 g/mol. The van der Waals surface area contributed by atoms with E-state index in [2.05, 4.69) is 10.1 Å². The minimum atomic E-state index is -1.36. The van der Waals surface area contributed by atoms with Gasteiger partial charge in [0, 0.05) is 6.07 Å². The summed E-state index contributed by atoms with van der Waals surface area (Å²) in [6.45, 7) is 3.39. The zero-order valence-electron chi connectivity index (χ0n) is 9.81. The SMILES string of the molecule is Cc1nc(C)n(-c2cc(F)c(C(=O)O)cc2N)n1. The van der Waals surface area contributed by atoms with Gasteiger partial charge < -0.3 is 10.8 Å². The normalized spacial score (nSPS) is 10.6. The van der Waals surface area contributed by atoms with Crippen molar-refractivity contribution >= 4 is 11.7 Å². The molecule has 0 aliphatic carbocycles. The van der Waals surface area contributed by atoms with Gasteiger partial charge in [0.05, 0.1) is 16.9 Å². The van der Waals surface area contributed by atoms with Crippen LogP contribution in [0.5, 0.6) is 0 Å². The van der Waals surface area contributed by atoms with E-state index < -0.39 is 17.3 Å². The van der Waals surface area contributed by atoms with Crippen LogP contribution < -0.4 is 5.73 Å². The molecule has 2 rings (SSSR count). The van der Waals surface area contributed by atoms with Gasteiger partial charge in [-0.15, -0.1) is 0 Å². The molecule has 1 heterocycles. The number of nitrogens with two attached hydrogens (primary N) is 1. The van der Waals surface area contributed by atoms with Crippen molar-refractivity contribution in [3.05, 3.63) is 35.2 Å². The molecule has 0 aliphatic rings. The number of hydrogen-bond acceptors (Lipinski definition) is 4. The fraction of sp³-hybridized carbons (Fsp3) is 0.182. The third-order valence-electron chi connectivity index (χ3n) is 2.45. The molecule has 0 aliphatic heterocycles. The van der Waals surface area contributed by atoms with Crippen molar-refractivity contribution in [2.75, 3.05) is 5.73 Å². The summed E-state index contributed by atoms with van der Waals surface area (Å²) in [5, 5.41) is 12.8. The predicted octanol–water partition coefficient (Wildman–Crippen LogP) is 1.30. The van der Waals surface area contributed by atoms with Gasteiger partial charge in [0.2, 0.25) is 0 Å². The van der Waals surface area contributed by atoms with Crippen LogP contribution in [0.4, 0.5) is 10.1 Å². The number of hydrogen-bond donors (Lipinski definition) is 2. The highest BCUT2D eigenvalue weighted by Crippen LogP contribution is 2.22. The molecular formula is C11H11FN4O2. The fourth-order valence-corrected chi connectivity index (χ4v) is 1.68. The van der Waals surface area contributed by atoms with Gasteiger partial charge in [0.15, 0.2) is 0 Å². The Morgan fingerprint density at radius 3 is 2.61 bits per heavy atom. The molecule has 94 valence electrons. The topological polar surface area (TPSA) is 94.0 Å². The number of anilines is 1. The van der Waals surface area contributed by atoms with Gasteiger partial charge in [-0.3, -0.25) is 0 Å². The van der Waals surface area contributed by atoms with Crippen LogP contribution in [0, 0.1) is 19.7 Å². The van der Waals surface area contributed by atoms with Crippen molar-refractivity contribution in [2.45, 2.75) is 13.8 Å². The second-order valence-corrected chi connectivity index (χ2v) is 3.81. The molecule has 0 bridgehead atoms. The van der Waals surface area contributed by atoms with E-state index >= 15 is 0 Å². The molecule has 0 amide bonds. The minimum absolute atomic E-state index is 0.127. The van der Waals surface area contributed by atoms with E-state index in [1.54, 1.807) is 13.8 Å². The molecule has 0 unspecified atom stereocenters. The Morgan fingerprint density at radius 2 is 2.11 bits per heavy atom. The van der Waals surface area contributed by atoms with Crippen molar-refractivity contribution in [3.63, 3.8) is 0 Å². The number of benzene rings is 1. The van der Waals surface area contributed by atoms with Crippen LogP contribution in [0.2, 0.25) is 0 Å². The molecule has 1 aromatic heterocycles. The second kappa shape index (κ2) is 4.10. The average Bonchev–Trinajstić information content (AvgIpc) is 2.60. The molecule has 0 spiro atoms. The lowest BCUT2D eigenvalue weighted by Gasteiger charge is -2.08. The van der Waals surface area contributed by atoms with E-state index in [0.29, 0.717) is 11.6 Å². The zero-order chi connectivity index (χ0) is 13.4. The predicted molar refractivity (Wildman–Crippen MR) is 62.2 cm³/mol. The number of aromatic carboxylic acids is 1. The van der Waals surface area contributed by atoms with Crippen molar-refractivity contribution in [1.82, 2.24) is 14.8 Å². The summed E-state index contributed by atoms with van der Waals surface area (Å²) < 4.78 is 15.0. The third kappa shape index (κ3) is 1.90. The summed E-state index contributed by atoms with van der Waals surface area (Å²) in [5.74, 6) is -1.16. The Morgan fingerprint density at radius 1 is 1.44 bits per heavy atom. The Bertz CT molecular complexity index is 636. The molecule has 0 radical (unpaired) electrons. The van der Waals surface area contributed by atoms with Crippen LogP contribution in [0.1, 0.15) is 22.0 Å². The average molecular weight is 250 g/mol. The van der Waals surface area contributed by atoms with Crippen LogP contribution in [0.15, 0.2) is 12.1 Å². The minimum Gasteiger partial charge on any atom is -0.478 e. The molecule has 0 saturated carbocycles. The summed E-state index contributed by atoms with van der Waals surface area (Å²) in [5.41, 5.74) is 5.65. The largest absolute Gasteiger partial charge is 0.478 e. The molecule has 3 N–H and O–H groups in total. The number of nitrogens with zero attached hydrogens (tertiary/aromatic N) is 3. The summed E-state index contributed by atoms with van der Waals surface area (Å²) in [6.07, 6.45) is 0. The first-order chi connectivity index (χ1) is 8.40. The maximum atomic E-state index is 13.6. The summed E-state index contributed by atoms with van der Waals surface area (Å²) >= 11 is 0. The lowest BCUT2D eigenvalue weighted by Crippen LogP contribution is -2.08. The zero-order valence-corrected chi connectivity index (χ0v) is 9.81. The molecule has 0 atom stereocenters. The Kier molecular flexibility index (Phi) is 2.74. The summed E-state index contributed by atoms with van der Waals surface area (Å²) in [6, 6.07) is 2.11. The quantitative estimate of drug-likeness (QED) is 0.783. The number of halogens is 1. The first kappa shape index (κ1) is 12.0. The van der Waals surface area contributed by atoms with Gasteiger partial charge in [0.1, 0.15) is 17.5 Å². The standard InChI is InChI=1S/C11H11FN4O2/c1-5-14-6(2)16(15-5)10-4-8(12)7(11(17)18)3-9(10)13/h3-4H,13H2,1-2H3,(H,17,18). The highest BCUT2D eigenvalue weighted by atomic mass is 19.1. The number of rotatable bonds is 2. The van der Waals surface area contributed by atoms with E-state index in [9.17, 15) is 9.18 Å². The Hall–Kier alpha value is -2.44. The molecule has 6 nitrogen and oxygen atoms in total. The highest BCUT2D eigenvalue weighted by molar-refractivity contribution is 5.90. The molecule has 7 heteroatoms. The monoisotopic (exact) mass is 250 g/mol. The first-order valence-corrected chi connectivity index (χ1v) is 5.13. The van der Waals surface area contributed by atoms with Gasteiger partial charge in [-0.05, 0) is 19.9 Å². The molecule has 18 heavy (non-hydrogen) atoms. The van der Waals surface area contributed by atoms with Crippen LogP contribution in [0.25, 0.3) is 5.69 Å². The van der Waals surface area contributed by atoms with Crippen LogP contribution in [0.3, 0.4) is 0 Å². The van der Waals surface area contributed by atoms with Crippen molar-refractivity contribution in [2.24, 2.45) is 0 Å². The van der Waals surface area contributed by atoms with Gasteiger partial charge in [-0.25, -0.2) is 18.9 Å². The Labute approximate surface area is 102 Å². The number of carboxylic acids is 1. The lowest BCUT2D eigenvalue weighted by molar-refractivity contribution is 0.0692. The highest BCUT2D eigenvalue weighted by Gasteiger charge is 2.16. The number of nitrogen functional groups attached to an aromatic ring is 1. The molecule has 0 fully saturated rings. The van der Waals surface area contributed by atoms with Crippen LogP contribution in [-0.2, 0) is 0 Å². The fourth-order valence-electron chi connectivity index (χ4n) is 1.68. The van der Waals surface area contributed by atoms with Crippen LogP contribution >= 0.6 is 0 Å². The number of aromatic nitrogens is 3. The molecule has 0 saturated heterocycles. The maximum Gasteiger partial charge on any atom is 0.338 e. The summed E-state index contributed by atoms with van der Waals surface area (Å²) in [7, 11) is 0. The number of aryl methyl sites for hydroxylation is 2. The first-order valence-electron chi connectivity index (χ1n) is 5.13. The smallest absolute Gasteiger partial charge is 0.338 e. The van der Waals surface area contributed by atoms with Gasteiger partial charge >= 0.3 is 5.97 Å². The molecule has 1 aromatic carbocycles.